The van der Waals surface area contributed by atoms with Crippen molar-refractivity contribution in [1.82, 2.24) is 0 Å². The molecule has 19 heavy (non-hydrogen) atoms. The monoisotopic (exact) mass is 270 g/mol. The minimum absolute atomic E-state index is 0.186. The van der Waals surface area contributed by atoms with Crippen molar-refractivity contribution in [2.75, 3.05) is 13.2 Å². The van der Waals surface area contributed by atoms with Crippen molar-refractivity contribution in [2.24, 2.45) is 0 Å². The lowest BCUT2D eigenvalue weighted by Gasteiger charge is -2.32. The van der Waals surface area contributed by atoms with E-state index in [1.54, 1.807) is 0 Å². The van der Waals surface area contributed by atoms with Crippen LogP contribution in [0.4, 0.5) is 0 Å². The van der Waals surface area contributed by atoms with Gasteiger partial charge in [-0.25, -0.2) is 0 Å². The molecule has 1 heterocycles. The number of hydrogen-bond acceptors (Lipinski definition) is 4. The summed E-state index contributed by atoms with van der Waals surface area (Å²) in [7, 11) is -0.297. The van der Waals surface area contributed by atoms with Gasteiger partial charge >= 0.3 is 7.12 Å². The summed E-state index contributed by atoms with van der Waals surface area (Å²) in [4.78, 5) is 0. The topological polar surface area (TPSA) is 36.9 Å². The zero-order chi connectivity index (χ0) is 14.5. The first kappa shape index (κ1) is 16.7. The highest BCUT2D eigenvalue weighted by atomic mass is 16.7. The van der Waals surface area contributed by atoms with Gasteiger partial charge in [-0.15, -0.1) is 0 Å². The van der Waals surface area contributed by atoms with E-state index in [0.29, 0.717) is 19.6 Å². The summed E-state index contributed by atoms with van der Waals surface area (Å²) in [5.41, 5.74) is -0.581. The molecule has 0 aromatic heterocycles. The lowest BCUT2D eigenvalue weighted by atomic mass is 9.90. The predicted octanol–water partition coefficient (Wildman–Crippen LogP) is 2.96. The average molecular weight is 270 g/mol. The van der Waals surface area contributed by atoms with Gasteiger partial charge in [-0.2, -0.15) is 0 Å². The van der Waals surface area contributed by atoms with Gasteiger partial charge in [0.2, 0.25) is 0 Å². The molecule has 1 aliphatic heterocycles. The van der Waals surface area contributed by atoms with Crippen LogP contribution in [0.15, 0.2) is 12.1 Å². The number of rotatable bonds is 7. The van der Waals surface area contributed by atoms with E-state index in [1.165, 1.54) is 0 Å². The van der Waals surface area contributed by atoms with Gasteiger partial charge in [-0.1, -0.05) is 12.1 Å². The normalized spacial score (nSPS) is 21.7. The van der Waals surface area contributed by atoms with Crippen LogP contribution >= 0.6 is 0 Å². The summed E-state index contributed by atoms with van der Waals surface area (Å²) in [5.74, 6) is 1.93. The van der Waals surface area contributed by atoms with Crippen LogP contribution in [-0.2, 0) is 18.8 Å². The Morgan fingerprint density at radius 2 is 1.47 bits per heavy atom. The molecule has 0 spiro atoms. The average Bonchev–Trinajstić information content (AvgIpc) is 2.48. The van der Waals surface area contributed by atoms with E-state index in [1.807, 2.05) is 53.6 Å². The largest absolute Gasteiger partial charge is 0.486 e. The highest BCUT2D eigenvalue weighted by Crippen LogP contribution is 2.36. The SMILES string of the molecule is CCOC(C/C=C/B1OC(C)(C)C(C)(C)O1)OCC. The van der Waals surface area contributed by atoms with Gasteiger partial charge in [0.25, 0.3) is 0 Å². The second kappa shape index (κ2) is 6.89. The number of hydrogen-bond donors (Lipinski definition) is 0. The van der Waals surface area contributed by atoms with Gasteiger partial charge in [-0.3, -0.25) is 0 Å². The van der Waals surface area contributed by atoms with Crippen LogP contribution in [0.3, 0.4) is 0 Å². The van der Waals surface area contributed by atoms with Crippen LogP contribution in [0.1, 0.15) is 48.0 Å². The Labute approximate surface area is 117 Å². The molecule has 0 saturated carbocycles. The zero-order valence-electron chi connectivity index (χ0n) is 13.1. The third-order valence-electron chi connectivity index (χ3n) is 3.60. The molecule has 0 N–H and O–H groups in total. The molecule has 0 radical (unpaired) electrons. The molecule has 0 aromatic rings. The van der Waals surface area contributed by atoms with E-state index < -0.39 is 0 Å². The van der Waals surface area contributed by atoms with Crippen molar-refractivity contribution < 1.29 is 18.8 Å². The fraction of sp³-hybridized carbons (Fsp3) is 0.857. The van der Waals surface area contributed by atoms with Crippen molar-refractivity contribution in [2.45, 2.75) is 65.5 Å². The van der Waals surface area contributed by atoms with Gasteiger partial charge in [-0.05, 0) is 41.5 Å². The third-order valence-corrected chi connectivity index (χ3v) is 3.60. The molecule has 0 aromatic carbocycles. The summed E-state index contributed by atoms with van der Waals surface area (Å²) in [5, 5.41) is 0. The molecule has 4 nitrogen and oxygen atoms in total. The smallest absolute Gasteiger partial charge is 0.400 e. The maximum Gasteiger partial charge on any atom is 0.486 e. The first-order chi connectivity index (χ1) is 8.82. The van der Waals surface area contributed by atoms with Gasteiger partial charge < -0.3 is 18.8 Å². The van der Waals surface area contributed by atoms with Crippen LogP contribution < -0.4 is 0 Å². The van der Waals surface area contributed by atoms with Gasteiger partial charge in [0.05, 0.1) is 11.2 Å². The first-order valence-corrected chi connectivity index (χ1v) is 7.08. The molecule has 1 rings (SSSR count). The Hall–Kier alpha value is -0.355. The van der Waals surface area contributed by atoms with Crippen molar-refractivity contribution in [3.8, 4) is 0 Å². The van der Waals surface area contributed by atoms with Crippen molar-refractivity contribution in [3.05, 3.63) is 12.1 Å². The van der Waals surface area contributed by atoms with Gasteiger partial charge in [0, 0.05) is 19.6 Å². The third kappa shape index (κ3) is 4.60. The minimum Gasteiger partial charge on any atom is -0.400 e. The van der Waals surface area contributed by atoms with Crippen LogP contribution in [0.5, 0.6) is 0 Å². The van der Waals surface area contributed by atoms with Crippen LogP contribution in [0, 0.1) is 0 Å². The molecule has 5 heteroatoms. The maximum absolute atomic E-state index is 5.88. The molecular formula is C14H27BO4. The van der Waals surface area contributed by atoms with Crippen LogP contribution in [-0.4, -0.2) is 37.8 Å². The highest BCUT2D eigenvalue weighted by Gasteiger charge is 2.49. The van der Waals surface area contributed by atoms with E-state index in [9.17, 15) is 0 Å². The summed E-state index contributed by atoms with van der Waals surface area (Å²) in [6.45, 7) is 13.4. The predicted molar refractivity (Wildman–Crippen MR) is 76.9 cm³/mol. The fourth-order valence-electron chi connectivity index (χ4n) is 1.82. The zero-order valence-corrected chi connectivity index (χ0v) is 13.1. The Kier molecular flexibility index (Phi) is 6.05. The quantitative estimate of drug-likeness (QED) is 0.526. The minimum atomic E-state index is -0.297. The molecule has 1 saturated heterocycles. The van der Waals surface area contributed by atoms with Crippen molar-refractivity contribution in [3.63, 3.8) is 0 Å². The van der Waals surface area contributed by atoms with E-state index in [-0.39, 0.29) is 24.6 Å². The second-order valence-corrected chi connectivity index (χ2v) is 5.63. The van der Waals surface area contributed by atoms with E-state index in [2.05, 4.69) is 0 Å². The van der Waals surface area contributed by atoms with E-state index in [0.717, 1.165) is 0 Å². The number of ether oxygens (including phenoxy) is 2. The summed E-state index contributed by atoms with van der Waals surface area (Å²) < 4.78 is 22.7. The maximum atomic E-state index is 5.88. The van der Waals surface area contributed by atoms with Gasteiger partial charge in [0.15, 0.2) is 6.29 Å². The van der Waals surface area contributed by atoms with Crippen LogP contribution in [0.2, 0.25) is 0 Å². The molecule has 110 valence electrons. The van der Waals surface area contributed by atoms with E-state index in [4.69, 9.17) is 18.8 Å². The first-order valence-electron chi connectivity index (χ1n) is 7.08. The van der Waals surface area contributed by atoms with Crippen molar-refractivity contribution in [1.29, 1.82) is 0 Å². The molecule has 0 bridgehead atoms. The lowest BCUT2D eigenvalue weighted by molar-refractivity contribution is -0.133. The molecule has 0 atom stereocenters. The van der Waals surface area contributed by atoms with Gasteiger partial charge in [0.1, 0.15) is 0 Å². The molecule has 0 amide bonds. The Morgan fingerprint density at radius 3 is 1.89 bits per heavy atom. The highest BCUT2D eigenvalue weighted by molar-refractivity contribution is 6.51. The van der Waals surface area contributed by atoms with Crippen molar-refractivity contribution >= 4 is 7.12 Å². The Balaban J connectivity index is 2.45. The molecule has 1 fully saturated rings. The summed E-state index contributed by atoms with van der Waals surface area (Å²) in [6, 6.07) is 0. The molecular weight excluding hydrogens is 243 g/mol. The molecule has 1 aliphatic rings. The van der Waals surface area contributed by atoms with Crippen LogP contribution in [0.25, 0.3) is 0 Å². The Bertz CT molecular complexity index is 280. The molecule has 0 aliphatic carbocycles. The standard InChI is InChI=1S/C14H27BO4/c1-7-16-12(17-8-2)10-9-11-15-18-13(3,4)14(5,6)19-15/h9,11-12H,7-8,10H2,1-6H3/b11-9+. The van der Waals surface area contributed by atoms with E-state index >= 15 is 0 Å². The molecule has 0 unspecified atom stereocenters. The fourth-order valence-corrected chi connectivity index (χ4v) is 1.82. The Morgan fingerprint density at radius 1 is 1.00 bits per heavy atom. The summed E-state index contributed by atoms with van der Waals surface area (Å²) >= 11 is 0. The second-order valence-electron chi connectivity index (χ2n) is 5.63. The summed E-state index contributed by atoms with van der Waals surface area (Å²) in [6.07, 6.45) is 2.51. The lowest BCUT2D eigenvalue weighted by Crippen LogP contribution is -2.41.